The molecular weight excluding hydrogens is 320 g/mol. The lowest BCUT2D eigenvalue weighted by atomic mass is 10.1. The summed E-state index contributed by atoms with van der Waals surface area (Å²) in [5, 5.41) is 13.3. The van der Waals surface area contributed by atoms with Gasteiger partial charge in [0.15, 0.2) is 5.82 Å². The van der Waals surface area contributed by atoms with Crippen molar-refractivity contribution in [3.63, 3.8) is 0 Å². The van der Waals surface area contributed by atoms with Gasteiger partial charge in [-0.25, -0.2) is 4.98 Å². The van der Waals surface area contributed by atoms with Crippen LogP contribution in [0.2, 0.25) is 0 Å². The second-order valence-electron chi connectivity index (χ2n) is 6.95. The number of nitrogens with one attached hydrogen (secondary N) is 2. The summed E-state index contributed by atoms with van der Waals surface area (Å²) in [6, 6.07) is 23.1. The van der Waals surface area contributed by atoms with Gasteiger partial charge in [0.05, 0.1) is 0 Å². The van der Waals surface area contributed by atoms with Crippen molar-refractivity contribution >= 4 is 22.4 Å². The molecule has 1 fully saturated rings. The zero-order chi connectivity index (χ0) is 17.3. The number of rotatable bonds is 5. The number of benzene rings is 2. The molecule has 5 rings (SSSR count). The number of hydrogen-bond donors (Lipinski definition) is 2. The second-order valence-corrected chi connectivity index (χ2v) is 6.95. The van der Waals surface area contributed by atoms with Gasteiger partial charge in [0, 0.05) is 35.2 Å². The Balaban J connectivity index is 1.51. The van der Waals surface area contributed by atoms with Crippen LogP contribution in [0.3, 0.4) is 0 Å². The largest absolute Gasteiger partial charge is 0.323 e. The summed E-state index contributed by atoms with van der Waals surface area (Å²) < 4.78 is 0. The first-order valence-corrected chi connectivity index (χ1v) is 9.10. The molecule has 128 valence electrons. The molecule has 2 aromatic carbocycles. The van der Waals surface area contributed by atoms with Crippen molar-refractivity contribution in [1.82, 2.24) is 15.2 Å². The lowest BCUT2D eigenvalue weighted by molar-refractivity contribution is 0.966. The van der Waals surface area contributed by atoms with Gasteiger partial charge in [-0.3, -0.25) is 5.10 Å². The van der Waals surface area contributed by atoms with E-state index in [2.05, 4.69) is 70.1 Å². The summed E-state index contributed by atoms with van der Waals surface area (Å²) >= 11 is 0. The van der Waals surface area contributed by atoms with Crippen LogP contribution in [0.1, 0.15) is 35.7 Å². The van der Waals surface area contributed by atoms with Crippen LogP contribution in [0.25, 0.3) is 10.8 Å². The maximum atomic E-state index is 4.90. The zero-order valence-electron chi connectivity index (χ0n) is 14.4. The van der Waals surface area contributed by atoms with Gasteiger partial charge in [0.25, 0.3) is 0 Å². The number of pyridine rings is 1. The molecule has 26 heavy (non-hydrogen) atoms. The summed E-state index contributed by atoms with van der Waals surface area (Å²) in [7, 11) is 0. The van der Waals surface area contributed by atoms with Crippen LogP contribution in [-0.2, 0) is 6.42 Å². The highest BCUT2D eigenvalue weighted by Gasteiger charge is 2.25. The molecule has 2 N–H and O–H groups in total. The van der Waals surface area contributed by atoms with Gasteiger partial charge >= 0.3 is 0 Å². The maximum Gasteiger partial charge on any atom is 0.153 e. The van der Waals surface area contributed by atoms with E-state index in [0.717, 1.165) is 29.1 Å². The predicted molar refractivity (Wildman–Crippen MR) is 105 cm³/mol. The van der Waals surface area contributed by atoms with E-state index in [-0.39, 0.29) is 0 Å². The van der Waals surface area contributed by atoms with Crippen molar-refractivity contribution in [1.29, 1.82) is 0 Å². The van der Waals surface area contributed by atoms with Crippen molar-refractivity contribution < 1.29 is 0 Å². The number of H-pyrrole nitrogens is 1. The third-order valence-electron chi connectivity index (χ3n) is 4.88. The van der Waals surface area contributed by atoms with Gasteiger partial charge in [-0.15, -0.1) is 0 Å². The van der Waals surface area contributed by atoms with Crippen LogP contribution in [0.15, 0.2) is 66.7 Å². The van der Waals surface area contributed by atoms with E-state index in [1.807, 2.05) is 12.1 Å². The van der Waals surface area contributed by atoms with E-state index in [1.54, 1.807) is 0 Å². The molecule has 0 saturated heterocycles. The van der Waals surface area contributed by atoms with Crippen LogP contribution in [0.4, 0.5) is 11.6 Å². The number of aromatic nitrogens is 3. The van der Waals surface area contributed by atoms with Crippen LogP contribution >= 0.6 is 0 Å². The van der Waals surface area contributed by atoms with E-state index < -0.39 is 0 Å². The van der Waals surface area contributed by atoms with Crippen LogP contribution < -0.4 is 5.32 Å². The third kappa shape index (κ3) is 3.06. The van der Waals surface area contributed by atoms with Crippen LogP contribution in [-0.4, -0.2) is 15.2 Å². The molecule has 1 aliphatic rings. The van der Waals surface area contributed by atoms with Gasteiger partial charge in [-0.1, -0.05) is 54.6 Å². The highest BCUT2D eigenvalue weighted by molar-refractivity contribution is 5.93. The predicted octanol–water partition coefficient (Wildman–Crippen LogP) is 5.17. The fourth-order valence-electron chi connectivity index (χ4n) is 3.37. The van der Waals surface area contributed by atoms with E-state index in [9.17, 15) is 0 Å². The number of nitrogens with zero attached hydrogens (tertiary/aromatic N) is 2. The molecule has 1 saturated carbocycles. The zero-order valence-corrected chi connectivity index (χ0v) is 14.4. The Morgan fingerprint density at radius 1 is 0.962 bits per heavy atom. The molecule has 0 amide bonds. The standard InChI is InChI=1S/C22H20N4/c1-2-6-15(7-3-1)12-18-13-17-8-4-5-9-19(17)22(23-18)24-21-14-20(25-26-21)16-10-11-16/h1-9,13-14,16H,10-12H2,(H2,23,24,25,26). The highest BCUT2D eigenvalue weighted by atomic mass is 15.2. The van der Waals surface area contributed by atoms with E-state index in [1.165, 1.54) is 29.5 Å². The molecular formula is C22H20N4. The lowest BCUT2D eigenvalue weighted by Gasteiger charge is -2.10. The van der Waals surface area contributed by atoms with Gasteiger partial charge in [0.2, 0.25) is 0 Å². The first-order chi connectivity index (χ1) is 12.8. The molecule has 0 atom stereocenters. The van der Waals surface area contributed by atoms with Crippen molar-refractivity contribution in [3.05, 3.63) is 83.7 Å². The minimum absolute atomic E-state index is 0.659. The number of aromatic amines is 1. The fraction of sp³-hybridized carbons (Fsp3) is 0.182. The normalized spacial score (nSPS) is 13.8. The van der Waals surface area contributed by atoms with Gasteiger partial charge in [-0.05, 0) is 29.9 Å². The number of anilines is 2. The van der Waals surface area contributed by atoms with Gasteiger partial charge in [0.1, 0.15) is 5.82 Å². The smallest absolute Gasteiger partial charge is 0.153 e. The average molecular weight is 340 g/mol. The summed E-state index contributed by atoms with van der Waals surface area (Å²) in [6.07, 6.45) is 3.33. The molecule has 0 unspecified atom stereocenters. The Labute approximate surface area is 152 Å². The Morgan fingerprint density at radius 2 is 1.77 bits per heavy atom. The maximum absolute atomic E-state index is 4.90. The molecule has 1 aliphatic carbocycles. The Kier molecular flexibility index (Phi) is 3.67. The first kappa shape index (κ1) is 15.1. The molecule has 0 bridgehead atoms. The fourth-order valence-corrected chi connectivity index (χ4v) is 3.37. The second kappa shape index (κ2) is 6.30. The van der Waals surface area contributed by atoms with Crippen LogP contribution in [0, 0.1) is 0 Å². The summed E-state index contributed by atoms with van der Waals surface area (Å²) in [4.78, 5) is 4.90. The Bertz CT molecular complexity index is 1050. The molecule has 4 heteroatoms. The molecule has 2 aromatic heterocycles. The van der Waals surface area contributed by atoms with Crippen molar-refractivity contribution in [2.45, 2.75) is 25.2 Å². The summed E-state index contributed by atoms with van der Waals surface area (Å²) in [6.45, 7) is 0. The van der Waals surface area contributed by atoms with Crippen molar-refractivity contribution in [2.75, 3.05) is 5.32 Å². The molecule has 4 nitrogen and oxygen atoms in total. The van der Waals surface area contributed by atoms with Gasteiger partial charge < -0.3 is 5.32 Å². The highest BCUT2D eigenvalue weighted by Crippen LogP contribution is 2.39. The van der Waals surface area contributed by atoms with E-state index in [4.69, 9.17) is 4.98 Å². The first-order valence-electron chi connectivity index (χ1n) is 9.10. The quantitative estimate of drug-likeness (QED) is 0.527. The average Bonchev–Trinajstić information content (AvgIpc) is 3.42. The third-order valence-corrected chi connectivity index (χ3v) is 4.88. The minimum Gasteiger partial charge on any atom is -0.323 e. The SMILES string of the molecule is c1ccc(Cc2cc3ccccc3c(Nc3cc(C4CC4)[nH]n3)n2)cc1. The summed E-state index contributed by atoms with van der Waals surface area (Å²) in [5.74, 6) is 2.36. The molecule has 4 aromatic rings. The Hall–Kier alpha value is -3.14. The van der Waals surface area contributed by atoms with Gasteiger partial charge in [-0.2, -0.15) is 5.10 Å². The molecule has 0 aliphatic heterocycles. The summed E-state index contributed by atoms with van der Waals surface area (Å²) in [5.41, 5.74) is 3.53. The molecule has 0 spiro atoms. The van der Waals surface area contributed by atoms with Crippen molar-refractivity contribution in [2.24, 2.45) is 0 Å². The lowest BCUT2D eigenvalue weighted by Crippen LogP contribution is -2.00. The monoisotopic (exact) mass is 340 g/mol. The molecule has 0 radical (unpaired) electrons. The van der Waals surface area contributed by atoms with E-state index >= 15 is 0 Å². The number of hydrogen-bond acceptors (Lipinski definition) is 3. The van der Waals surface area contributed by atoms with Crippen molar-refractivity contribution in [3.8, 4) is 0 Å². The Morgan fingerprint density at radius 3 is 2.62 bits per heavy atom. The minimum atomic E-state index is 0.659. The molecule has 2 heterocycles. The number of fused-ring (bicyclic) bond motifs is 1. The van der Waals surface area contributed by atoms with E-state index in [0.29, 0.717) is 5.92 Å². The van der Waals surface area contributed by atoms with Crippen LogP contribution in [0.5, 0.6) is 0 Å². The topological polar surface area (TPSA) is 53.6 Å².